The maximum absolute atomic E-state index is 12.2. The summed E-state index contributed by atoms with van der Waals surface area (Å²) in [6, 6.07) is 4.88. The number of nitrogens with zero attached hydrogens (tertiary/aromatic N) is 4. The summed E-state index contributed by atoms with van der Waals surface area (Å²) < 4.78 is 11.6. The van der Waals surface area contributed by atoms with E-state index in [1.807, 2.05) is 0 Å². The van der Waals surface area contributed by atoms with E-state index in [1.165, 1.54) is 4.68 Å². The number of rotatable bonds is 0. The first kappa shape index (κ1) is 20.6. The van der Waals surface area contributed by atoms with Gasteiger partial charge in [0.25, 0.3) is 0 Å². The van der Waals surface area contributed by atoms with Gasteiger partial charge < -0.3 is 9.47 Å². The summed E-state index contributed by atoms with van der Waals surface area (Å²) >= 11 is 6.03. The Labute approximate surface area is 161 Å². The molecule has 10 heteroatoms. The summed E-state index contributed by atoms with van der Waals surface area (Å²) in [6.07, 6.45) is -1.71. The van der Waals surface area contributed by atoms with E-state index in [1.54, 1.807) is 59.7 Å². The van der Waals surface area contributed by atoms with Gasteiger partial charge in [-0.15, -0.1) is 10.1 Å². The molecule has 0 aliphatic heterocycles. The van der Waals surface area contributed by atoms with Crippen molar-refractivity contribution in [1.29, 1.82) is 0 Å². The van der Waals surface area contributed by atoms with Crippen LogP contribution in [0.5, 0.6) is 0 Å². The second kappa shape index (κ2) is 7.51. The summed E-state index contributed by atoms with van der Waals surface area (Å²) in [5.41, 5.74) is -0.552. The fourth-order valence-electron chi connectivity index (χ4n) is 1.94. The number of alkyl carbamates (subject to hydrolysis) is 1. The van der Waals surface area contributed by atoms with Gasteiger partial charge in [0.05, 0.1) is 5.52 Å². The monoisotopic (exact) mass is 395 g/mol. The number of aliphatic imine (C=N–C) groups is 1. The van der Waals surface area contributed by atoms with Crippen LogP contribution < -0.4 is 5.32 Å². The van der Waals surface area contributed by atoms with Crippen LogP contribution in [0.3, 0.4) is 0 Å². The topological polar surface area (TPSA) is 108 Å². The normalized spacial score (nSPS) is 12.8. The minimum Gasteiger partial charge on any atom is -0.444 e. The summed E-state index contributed by atoms with van der Waals surface area (Å²) in [5, 5.41) is 10.7. The minimum absolute atomic E-state index is 0.219. The zero-order valence-electron chi connectivity index (χ0n) is 16.0. The van der Waals surface area contributed by atoms with E-state index in [9.17, 15) is 9.59 Å². The third-order valence-electron chi connectivity index (χ3n) is 2.81. The number of benzene rings is 1. The lowest BCUT2D eigenvalue weighted by Gasteiger charge is -2.20. The number of halogens is 1. The van der Waals surface area contributed by atoms with Crippen LogP contribution in [0, 0.1) is 0 Å². The molecule has 1 N–H and O–H groups in total. The van der Waals surface area contributed by atoms with E-state index in [-0.39, 0.29) is 5.96 Å². The predicted octanol–water partition coefficient (Wildman–Crippen LogP) is 3.75. The van der Waals surface area contributed by atoms with E-state index >= 15 is 0 Å². The Hall–Kier alpha value is -2.68. The lowest BCUT2D eigenvalue weighted by molar-refractivity contribution is 0.0560. The number of amides is 2. The van der Waals surface area contributed by atoms with Gasteiger partial charge in [0.1, 0.15) is 16.7 Å². The van der Waals surface area contributed by atoms with Crippen LogP contribution in [-0.4, -0.2) is 44.3 Å². The van der Waals surface area contributed by atoms with Crippen LogP contribution in [0.15, 0.2) is 23.2 Å². The molecule has 0 radical (unpaired) electrons. The van der Waals surface area contributed by atoms with Crippen molar-refractivity contribution in [2.45, 2.75) is 52.7 Å². The second-order valence-electron chi connectivity index (χ2n) is 7.68. The SMILES string of the molecule is CC(C)(C)OC(=O)/N=C(/NC(=O)OC(C)(C)C)n1nnc2ccc(Cl)cc21. The van der Waals surface area contributed by atoms with Gasteiger partial charge in [-0.1, -0.05) is 16.8 Å². The highest BCUT2D eigenvalue weighted by molar-refractivity contribution is 6.31. The van der Waals surface area contributed by atoms with Gasteiger partial charge in [0.2, 0.25) is 5.96 Å². The molecule has 0 bridgehead atoms. The molecule has 0 unspecified atom stereocenters. The highest BCUT2D eigenvalue weighted by Crippen LogP contribution is 2.17. The third kappa shape index (κ3) is 6.21. The molecular formula is C17H22ClN5O4. The maximum atomic E-state index is 12.2. The van der Waals surface area contributed by atoms with Crippen LogP contribution in [-0.2, 0) is 9.47 Å². The fraction of sp³-hybridized carbons (Fsp3) is 0.471. The third-order valence-corrected chi connectivity index (χ3v) is 3.05. The highest BCUT2D eigenvalue weighted by Gasteiger charge is 2.22. The van der Waals surface area contributed by atoms with Gasteiger partial charge in [0.15, 0.2) is 0 Å². The molecule has 1 aromatic heterocycles. The number of carbonyl (C=O) groups is 2. The molecular weight excluding hydrogens is 374 g/mol. The highest BCUT2D eigenvalue weighted by atomic mass is 35.5. The molecule has 9 nitrogen and oxygen atoms in total. The van der Waals surface area contributed by atoms with E-state index in [2.05, 4.69) is 20.6 Å². The van der Waals surface area contributed by atoms with Gasteiger partial charge in [-0.25, -0.2) is 9.59 Å². The van der Waals surface area contributed by atoms with E-state index in [0.29, 0.717) is 16.1 Å². The molecule has 0 atom stereocenters. The molecule has 0 saturated carbocycles. The Balaban J connectivity index is 2.43. The molecule has 1 aromatic carbocycles. The first-order valence-electron chi connectivity index (χ1n) is 8.17. The van der Waals surface area contributed by atoms with Crippen LogP contribution in [0.4, 0.5) is 9.59 Å². The summed E-state index contributed by atoms with van der Waals surface area (Å²) in [4.78, 5) is 28.1. The molecule has 0 saturated heterocycles. The smallest absolute Gasteiger partial charge is 0.437 e. The Kier molecular flexibility index (Phi) is 5.74. The van der Waals surface area contributed by atoms with Crippen molar-refractivity contribution in [3.8, 4) is 0 Å². The zero-order chi connectivity index (χ0) is 20.4. The van der Waals surface area contributed by atoms with E-state index in [0.717, 1.165) is 0 Å². The molecule has 2 aromatic rings. The average molecular weight is 396 g/mol. The molecule has 0 fully saturated rings. The van der Waals surface area contributed by atoms with Crippen molar-refractivity contribution in [1.82, 2.24) is 20.3 Å². The Morgan fingerprint density at radius 3 is 2.33 bits per heavy atom. The average Bonchev–Trinajstić information content (AvgIpc) is 2.85. The van der Waals surface area contributed by atoms with Crippen molar-refractivity contribution >= 4 is 40.8 Å². The van der Waals surface area contributed by atoms with Crippen LogP contribution in [0.2, 0.25) is 5.02 Å². The van der Waals surface area contributed by atoms with Gasteiger partial charge in [-0.05, 0) is 59.7 Å². The fourth-order valence-corrected chi connectivity index (χ4v) is 2.11. The first-order chi connectivity index (χ1) is 12.3. The Morgan fingerprint density at radius 2 is 1.74 bits per heavy atom. The number of hydrogen-bond donors (Lipinski definition) is 1. The zero-order valence-corrected chi connectivity index (χ0v) is 16.8. The second-order valence-corrected chi connectivity index (χ2v) is 8.11. The number of carbonyl (C=O) groups excluding carboxylic acids is 2. The lowest BCUT2D eigenvalue weighted by atomic mass is 10.2. The summed E-state index contributed by atoms with van der Waals surface area (Å²) in [6.45, 7) is 10.2. The number of hydrogen-bond acceptors (Lipinski definition) is 6. The van der Waals surface area contributed by atoms with Gasteiger partial charge in [0, 0.05) is 5.02 Å². The molecule has 1 heterocycles. The lowest BCUT2D eigenvalue weighted by Crippen LogP contribution is -2.40. The molecule has 0 aliphatic carbocycles. The molecule has 0 aliphatic rings. The molecule has 2 amide bonds. The Morgan fingerprint density at radius 1 is 1.11 bits per heavy atom. The van der Waals surface area contributed by atoms with Crippen molar-refractivity contribution in [2.24, 2.45) is 4.99 Å². The number of aromatic nitrogens is 3. The molecule has 27 heavy (non-hydrogen) atoms. The number of fused-ring (bicyclic) bond motifs is 1. The van der Waals surface area contributed by atoms with Crippen molar-refractivity contribution in [2.75, 3.05) is 0 Å². The largest absolute Gasteiger partial charge is 0.444 e. The predicted molar refractivity (Wildman–Crippen MR) is 101 cm³/mol. The van der Waals surface area contributed by atoms with Gasteiger partial charge >= 0.3 is 12.2 Å². The molecule has 0 spiro atoms. The van der Waals surface area contributed by atoms with Crippen LogP contribution in [0.1, 0.15) is 41.5 Å². The summed E-state index contributed by atoms with van der Waals surface area (Å²) in [5.74, 6) is -0.219. The molecule has 146 valence electrons. The standard InChI is InChI=1S/C17H22ClN5O4/c1-16(2,3)26-14(24)19-13(20-15(25)27-17(4,5)6)23-12-9-10(18)7-8-11(12)21-22-23/h7-9H,1-6H3,(H,19,20,24,25). The van der Waals surface area contributed by atoms with Crippen LogP contribution in [0.25, 0.3) is 11.0 Å². The first-order valence-corrected chi connectivity index (χ1v) is 8.55. The quantitative estimate of drug-likeness (QED) is 0.537. The molecule has 2 rings (SSSR count). The Bertz CT molecular complexity index is 893. The number of ether oxygens (including phenoxy) is 2. The van der Waals surface area contributed by atoms with E-state index < -0.39 is 23.4 Å². The van der Waals surface area contributed by atoms with Crippen molar-refractivity contribution < 1.29 is 19.1 Å². The van der Waals surface area contributed by atoms with Gasteiger partial charge in [-0.2, -0.15) is 4.68 Å². The minimum atomic E-state index is -0.903. The van der Waals surface area contributed by atoms with E-state index in [4.69, 9.17) is 21.1 Å². The number of nitrogens with one attached hydrogen (secondary N) is 1. The van der Waals surface area contributed by atoms with Crippen LogP contribution >= 0.6 is 11.6 Å². The van der Waals surface area contributed by atoms with Crippen molar-refractivity contribution in [3.63, 3.8) is 0 Å². The maximum Gasteiger partial charge on any atom is 0.437 e. The van der Waals surface area contributed by atoms with Gasteiger partial charge in [-0.3, -0.25) is 5.32 Å². The van der Waals surface area contributed by atoms with Crippen molar-refractivity contribution in [3.05, 3.63) is 23.2 Å². The summed E-state index contributed by atoms with van der Waals surface area (Å²) in [7, 11) is 0.